The first-order valence-corrected chi connectivity index (χ1v) is 7.14. The van der Waals surface area contributed by atoms with Crippen LogP contribution in [0, 0.1) is 0 Å². The minimum atomic E-state index is -0.455. The lowest BCUT2D eigenvalue weighted by molar-refractivity contribution is 0.137. The van der Waals surface area contributed by atoms with Gasteiger partial charge in [0, 0.05) is 6.54 Å². The van der Waals surface area contributed by atoms with Crippen molar-refractivity contribution in [3.8, 4) is 5.75 Å². The van der Waals surface area contributed by atoms with Gasteiger partial charge in [0.2, 0.25) is 0 Å². The van der Waals surface area contributed by atoms with Crippen LogP contribution in [0.2, 0.25) is 0 Å². The van der Waals surface area contributed by atoms with E-state index in [2.05, 4.69) is 5.32 Å². The first kappa shape index (κ1) is 18.8. The highest BCUT2D eigenvalue weighted by molar-refractivity contribution is 5.85. The third-order valence-electron chi connectivity index (χ3n) is 2.99. The van der Waals surface area contributed by atoms with Crippen molar-refractivity contribution in [1.29, 1.82) is 0 Å². The van der Waals surface area contributed by atoms with Gasteiger partial charge >= 0.3 is 6.09 Å². The number of ether oxygens (including phenoxy) is 2. The molecule has 3 N–H and O–H groups in total. The Bertz CT molecular complexity index is 593. The molecule has 0 aromatic heterocycles. The fraction of sp³-hybridized carbons (Fsp3) is 0.235. The molecule has 0 unspecified atom stereocenters. The van der Waals surface area contributed by atoms with Crippen LogP contribution in [-0.2, 0) is 17.9 Å². The second-order valence-electron chi connectivity index (χ2n) is 4.69. The van der Waals surface area contributed by atoms with Crippen LogP contribution < -0.4 is 15.8 Å². The topological polar surface area (TPSA) is 73.6 Å². The molecular formula is C17H21ClN2O3. The molecule has 0 aliphatic heterocycles. The van der Waals surface area contributed by atoms with Crippen LogP contribution in [0.4, 0.5) is 4.79 Å². The molecule has 0 aliphatic rings. The standard InChI is InChI=1S/C17H20N2O3.ClH/c18-12-15-7-4-8-16(11-15)21-10-9-19-17(20)22-13-14-5-2-1-3-6-14;/h1-8,11H,9-10,12-13,18H2,(H,19,20);1H. The summed E-state index contributed by atoms with van der Waals surface area (Å²) in [7, 11) is 0. The first-order valence-electron chi connectivity index (χ1n) is 7.14. The number of halogens is 1. The molecule has 0 bridgehead atoms. The lowest BCUT2D eigenvalue weighted by Gasteiger charge is -2.09. The van der Waals surface area contributed by atoms with Gasteiger partial charge in [0.1, 0.15) is 19.0 Å². The third kappa shape index (κ3) is 7.04. The smallest absolute Gasteiger partial charge is 0.407 e. The number of alkyl carbamates (subject to hydrolysis) is 1. The molecule has 6 heteroatoms. The minimum Gasteiger partial charge on any atom is -0.492 e. The number of rotatable bonds is 7. The van der Waals surface area contributed by atoms with Crippen LogP contribution in [-0.4, -0.2) is 19.2 Å². The molecule has 124 valence electrons. The average Bonchev–Trinajstić information content (AvgIpc) is 2.58. The summed E-state index contributed by atoms with van der Waals surface area (Å²) >= 11 is 0. The van der Waals surface area contributed by atoms with Gasteiger partial charge in [0.25, 0.3) is 0 Å². The number of carbonyl (C=O) groups excluding carboxylic acids is 1. The molecule has 0 fully saturated rings. The summed E-state index contributed by atoms with van der Waals surface area (Å²) in [5.41, 5.74) is 7.52. The Hall–Kier alpha value is -2.24. The average molecular weight is 337 g/mol. The molecule has 2 rings (SSSR count). The first-order chi connectivity index (χ1) is 10.8. The fourth-order valence-corrected chi connectivity index (χ4v) is 1.86. The van der Waals surface area contributed by atoms with Crippen molar-refractivity contribution >= 4 is 18.5 Å². The van der Waals surface area contributed by atoms with Gasteiger partial charge in [-0.1, -0.05) is 42.5 Å². The Morgan fingerprint density at radius 2 is 1.78 bits per heavy atom. The van der Waals surface area contributed by atoms with Crippen molar-refractivity contribution in [2.75, 3.05) is 13.2 Å². The van der Waals surface area contributed by atoms with Crippen molar-refractivity contribution < 1.29 is 14.3 Å². The molecule has 0 spiro atoms. The van der Waals surface area contributed by atoms with E-state index >= 15 is 0 Å². The van der Waals surface area contributed by atoms with Gasteiger partial charge in [0.05, 0.1) is 6.54 Å². The number of nitrogens with two attached hydrogens (primary N) is 1. The van der Waals surface area contributed by atoms with E-state index in [4.69, 9.17) is 15.2 Å². The van der Waals surface area contributed by atoms with E-state index < -0.39 is 6.09 Å². The van der Waals surface area contributed by atoms with Crippen molar-refractivity contribution in [3.05, 3.63) is 65.7 Å². The maximum Gasteiger partial charge on any atom is 0.407 e. The Labute approximate surface area is 142 Å². The molecule has 0 heterocycles. The van der Waals surface area contributed by atoms with E-state index in [0.29, 0.717) is 19.7 Å². The molecule has 0 atom stereocenters. The SMILES string of the molecule is Cl.NCc1cccc(OCCNC(=O)OCc2ccccc2)c1. The molecule has 0 saturated heterocycles. The quantitative estimate of drug-likeness (QED) is 0.762. The number of amides is 1. The Balaban J connectivity index is 0.00000264. The third-order valence-corrected chi connectivity index (χ3v) is 2.99. The summed E-state index contributed by atoms with van der Waals surface area (Å²) in [5.74, 6) is 0.738. The van der Waals surface area contributed by atoms with E-state index in [1.807, 2.05) is 54.6 Å². The van der Waals surface area contributed by atoms with Crippen molar-refractivity contribution in [1.82, 2.24) is 5.32 Å². The zero-order valence-electron chi connectivity index (χ0n) is 12.7. The van der Waals surface area contributed by atoms with Gasteiger partial charge in [-0.15, -0.1) is 12.4 Å². The number of benzene rings is 2. The van der Waals surface area contributed by atoms with Crippen LogP contribution in [0.25, 0.3) is 0 Å². The Morgan fingerprint density at radius 3 is 2.52 bits per heavy atom. The number of carbonyl (C=O) groups is 1. The molecular weight excluding hydrogens is 316 g/mol. The zero-order chi connectivity index (χ0) is 15.6. The Morgan fingerprint density at radius 1 is 1.04 bits per heavy atom. The highest BCUT2D eigenvalue weighted by atomic mass is 35.5. The van der Waals surface area contributed by atoms with Crippen LogP contribution in [0.1, 0.15) is 11.1 Å². The molecule has 0 radical (unpaired) electrons. The van der Waals surface area contributed by atoms with Crippen molar-refractivity contribution in [2.45, 2.75) is 13.2 Å². The molecule has 1 amide bonds. The molecule has 2 aromatic rings. The summed E-state index contributed by atoms with van der Waals surface area (Å²) < 4.78 is 10.6. The fourth-order valence-electron chi connectivity index (χ4n) is 1.86. The highest BCUT2D eigenvalue weighted by Crippen LogP contribution is 2.12. The van der Waals surface area contributed by atoms with Crippen LogP contribution >= 0.6 is 12.4 Å². The normalized spacial score (nSPS) is 9.61. The second-order valence-corrected chi connectivity index (χ2v) is 4.69. The molecule has 0 saturated carbocycles. The monoisotopic (exact) mass is 336 g/mol. The maximum absolute atomic E-state index is 11.5. The summed E-state index contributed by atoms with van der Waals surface area (Å²) in [6.07, 6.45) is -0.455. The summed E-state index contributed by atoms with van der Waals surface area (Å²) in [6, 6.07) is 17.1. The summed E-state index contributed by atoms with van der Waals surface area (Å²) in [6.45, 7) is 1.47. The summed E-state index contributed by atoms with van der Waals surface area (Å²) in [5, 5.41) is 2.64. The van der Waals surface area contributed by atoms with Gasteiger partial charge in [-0.05, 0) is 23.3 Å². The van der Waals surface area contributed by atoms with E-state index in [1.54, 1.807) is 0 Å². The van der Waals surface area contributed by atoms with Gasteiger partial charge in [0.15, 0.2) is 0 Å². The molecule has 23 heavy (non-hydrogen) atoms. The van der Waals surface area contributed by atoms with Gasteiger partial charge in [-0.3, -0.25) is 0 Å². The van der Waals surface area contributed by atoms with Crippen LogP contribution in [0.3, 0.4) is 0 Å². The van der Waals surface area contributed by atoms with Crippen LogP contribution in [0.5, 0.6) is 5.75 Å². The van der Waals surface area contributed by atoms with E-state index in [1.165, 1.54) is 0 Å². The largest absolute Gasteiger partial charge is 0.492 e. The van der Waals surface area contributed by atoms with E-state index in [0.717, 1.165) is 16.9 Å². The maximum atomic E-state index is 11.5. The lowest BCUT2D eigenvalue weighted by atomic mass is 10.2. The highest BCUT2D eigenvalue weighted by Gasteiger charge is 2.02. The molecule has 0 aliphatic carbocycles. The Kier molecular flexibility index (Phi) is 8.57. The molecule has 5 nitrogen and oxygen atoms in total. The lowest BCUT2D eigenvalue weighted by Crippen LogP contribution is -2.28. The van der Waals surface area contributed by atoms with E-state index in [9.17, 15) is 4.79 Å². The van der Waals surface area contributed by atoms with E-state index in [-0.39, 0.29) is 19.0 Å². The number of nitrogens with one attached hydrogen (secondary N) is 1. The van der Waals surface area contributed by atoms with Crippen molar-refractivity contribution in [2.24, 2.45) is 5.73 Å². The van der Waals surface area contributed by atoms with Gasteiger partial charge < -0.3 is 20.5 Å². The van der Waals surface area contributed by atoms with Crippen LogP contribution in [0.15, 0.2) is 54.6 Å². The molecule has 2 aromatic carbocycles. The number of hydrogen-bond donors (Lipinski definition) is 2. The predicted octanol–water partition coefficient (Wildman–Crippen LogP) is 2.87. The zero-order valence-corrected chi connectivity index (χ0v) is 13.6. The summed E-state index contributed by atoms with van der Waals surface area (Å²) in [4.78, 5) is 11.5. The minimum absolute atomic E-state index is 0. The van der Waals surface area contributed by atoms with Crippen molar-refractivity contribution in [3.63, 3.8) is 0 Å². The second kappa shape index (κ2) is 10.5. The number of hydrogen-bond acceptors (Lipinski definition) is 4. The predicted molar refractivity (Wildman–Crippen MR) is 91.7 cm³/mol. The van der Waals surface area contributed by atoms with Gasteiger partial charge in [-0.25, -0.2) is 4.79 Å². The van der Waals surface area contributed by atoms with Gasteiger partial charge in [-0.2, -0.15) is 0 Å².